The summed E-state index contributed by atoms with van der Waals surface area (Å²) in [5, 5.41) is 0. The zero-order valence-electron chi connectivity index (χ0n) is 11.0. The van der Waals surface area contributed by atoms with E-state index in [2.05, 4.69) is 0 Å². The molecule has 17 heavy (non-hydrogen) atoms. The molecule has 0 heterocycles. The molecule has 98 valence electrons. The van der Waals surface area contributed by atoms with E-state index in [0.717, 1.165) is 25.7 Å². The lowest BCUT2D eigenvalue weighted by Crippen LogP contribution is -2.28. The van der Waals surface area contributed by atoms with Crippen molar-refractivity contribution in [2.45, 2.75) is 58.5 Å². The summed E-state index contributed by atoms with van der Waals surface area (Å²) in [6.07, 6.45) is 4.25. The van der Waals surface area contributed by atoms with Crippen molar-refractivity contribution in [3.63, 3.8) is 0 Å². The minimum atomic E-state index is -0.293. The molecule has 0 aliphatic heterocycles. The molecule has 1 aliphatic carbocycles. The topological polar surface area (TPSA) is 52.6 Å². The van der Waals surface area contributed by atoms with Crippen molar-refractivity contribution in [1.29, 1.82) is 0 Å². The van der Waals surface area contributed by atoms with Gasteiger partial charge in [-0.15, -0.1) is 0 Å². The van der Waals surface area contributed by atoms with Gasteiger partial charge in [0.05, 0.1) is 12.3 Å². The molecule has 4 heteroatoms. The largest absolute Gasteiger partial charge is 0.465 e. The van der Waals surface area contributed by atoms with Crippen LogP contribution in [0.5, 0.6) is 0 Å². The van der Waals surface area contributed by atoms with Gasteiger partial charge in [0.25, 0.3) is 0 Å². The van der Waals surface area contributed by atoms with Crippen molar-refractivity contribution in [3.8, 4) is 0 Å². The standard InChI is InChI=1S/C13H22O4/c1-10(2)12(15)16-9-6-11(14)17-13(3)7-4-5-8-13/h10H,4-9H2,1-3H3. The molecule has 1 fully saturated rings. The Hall–Kier alpha value is -1.06. The molecule has 0 amide bonds. The molecule has 0 spiro atoms. The van der Waals surface area contributed by atoms with E-state index in [1.807, 2.05) is 6.92 Å². The Morgan fingerprint density at radius 2 is 1.82 bits per heavy atom. The summed E-state index contributed by atoms with van der Waals surface area (Å²) >= 11 is 0. The van der Waals surface area contributed by atoms with Gasteiger partial charge in [-0.3, -0.25) is 9.59 Å². The predicted octanol–water partition coefficient (Wildman–Crippen LogP) is 2.45. The summed E-state index contributed by atoms with van der Waals surface area (Å²) in [7, 11) is 0. The van der Waals surface area contributed by atoms with Gasteiger partial charge in [0, 0.05) is 0 Å². The van der Waals surface area contributed by atoms with Gasteiger partial charge in [0.15, 0.2) is 0 Å². The van der Waals surface area contributed by atoms with Crippen molar-refractivity contribution in [3.05, 3.63) is 0 Å². The fraction of sp³-hybridized carbons (Fsp3) is 0.846. The average Bonchev–Trinajstić information content (AvgIpc) is 2.64. The monoisotopic (exact) mass is 242 g/mol. The Balaban J connectivity index is 2.19. The molecule has 0 saturated heterocycles. The minimum absolute atomic E-state index is 0.117. The van der Waals surface area contributed by atoms with Gasteiger partial charge in [0.2, 0.25) is 0 Å². The number of carbonyl (C=O) groups excluding carboxylic acids is 2. The van der Waals surface area contributed by atoms with E-state index in [1.54, 1.807) is 13.8 Å². The Morgan fingerprint density at radius 1 is 1.24 bits per heavy atom. The molecule has 4 nitrogen and oxygen atoms in total. The molecular weight excluding hydrogens is 220 g/mol. The molecule has 0 aromatic rings. The summed E-state index contributed by atoms with van der Waals surface area (Å²) in [5.41, 5.74) is -0.293. The third-order valence-electron chi connectivity index (χ3n) is 3.04. The van der Waals surface area contributed by atoms with Crippen molar-refractivity contribution in [1.82, 2.24) is 0 Å². The third kappa shape index (κ3) is 4.75. The Morgan fingerprint density at radius 3 is 2.35 bits per heavy atom. The Bertz CT molecular complexity index is 277. The zero-order valence-corrected chi connectivity index (χ0v) is 11.0. The number of ether oxygens (including phenoxy) is 2. The van der Waals surface area contributed by atoms with Crippen molar-refractivity contribution in [2.24, 2.45) is 5.92 Å². The minimum Gasteiger partial charge on any atom is -0.465 e. The summed E-state index contributed by atoms with van der Waals surface area (Å²) < 4.78 is 10.3. The Kier molecular flexibility index (Phi) is 4.97. The lowest BCUT2D eigenvalue weighted by Gasteiger charge is -2.23. The van der Waals surface area contributed by atoms with E-state index >= 15 is 0 Å². The number of esters is 2. The first-order chi connectivity index (χ1) is 7.93. The van der Waals surface area contributed by atoms with Crippen LogP contribution < -0.4 is 0 Å². The third-order valence-corrected chi connectivity index (χ3v) is 3.04. The number of carbonyl (C=O) groups is 2. The zero-order chi connectivity index (χ0) is 12.9. The quantitative estimate of drug-likeness (QED) is 0.695. The van der Waals surface area contributed by atoms with Crippen LogP contribution in [0.15, 0.2) is 0 Å². The van der Waals surface area contributed by atoms with Gasteiger partial charge < -0.3 is 9.47 Å². The van der Waals surface area contributed by atoms with Crippen molar-refractivity contribution >= 4 is 11.9 Å². The number of rotatable bonds is 5. The SMILES string of the molecule is CC(C)C(=O)OCCC(=O)OC1(C)CCCC1. The first-order valence-corrected chi connectivity index (χ1v) is 6.31. The first kappa shape index (κ1) is 14.0. The Labute approximate surface area is 103 Å². The fourth-order valence-electron chi connectivity index (χ4n) is 1.95. The van der Waals surface area contributed by atoms with Gasteiger partial charge in [-0.05, 0) is 32.6 Å². The van der Waals surface area contributed by atoms with Gasteiger partial charge in [-0.2, -0.15) is 0 Å². The molecular formula is C13H22O4. The highest BCUT2D eigenvalue weighted by Gasteiger charge is 2.32. The van der Waals surface area contributed by atoms with Crippen molar-refractivity contribution in [2.75, 3.05) is 6.61 Å². The highest BCUT2D eigenvalue weighted by molar-refractivity contribution is 5.73. The summed E-state index contributed by atoms with van der Waals surface area (Å²) in [6, 6.07) is 0. The van der Waals surface area contributed by atoms with E-state index in [4.69, 9.17) is 9.47 Å². The summed E-state index contributed by atoms with van der Waals surface area (Å²) in [6.45, 7) is 5.62. The normalized spacial score (nSPS) is 18.1. The average molecular weight is 242 g/mol. The molecule has 1 rings (SSSR count). The highest BCUT2D eigenvalue weighted by Crippen LogP contribution is 2.32. The molecule has 0 atom stereocenters. The second kappa shape index (κ2) is 6.03. The molecule has 0 aromatic carbocycles. The van der Waals surface area contributed by atoms with Crippen LogP contribution in [0, 0.1) is 5.92 Å². The molecule has 0 aromatic heterocycles. The van der Waals surface area contributed by atoms with Crippen LogP contribution >= 0.6 is 0 Å². The smallest absolute Gasteiger partial charge is 0.309 e. The van der Waals surface area contributed by atoms with E-state index in [9.17, 15) is 9.59 Å². The van der Waals surface area contributed by atoms with Gasteiger partial charge >= 0.3 is 11.9 Å². The summed E-state index contributed by atoms with van der Waals surface area (Å²) in [4.78, 5) is 22.7. The first-order valence-electron chi connectivity index (χ1n) is 6.31. The number of hydrogen-bond donors (Lipinski definition) is 0. The second-order valence-corrected chi connectivity index (χ2v) is 5.20. The lowest BCUT2D eigenvalue weighted by molar-refractivity contribution is -0.160. The van der Waals surface area contributed by atoms with Crippen LogP contribution in [0.4, 0.5) is 0 Å². The van der Waals surface area contributed by atoms with Crippen LogP contribution in [0.3, 0.4) is 0 Å². The molecule has 1 saturated carbocycles. The molecule has 0 bridgehead atoms. The number of hydrogen-bond acceptors (Lipinski definition) is 4. The summed E-state index contributed by atoms with van der Waals surface area (Å²) in [5.74, 6) is -0.700. The lowest BCUT2D eigenvalue weighted by atomic mass is 10.1. The molecule has 1 aliphatic rings. The fourth-order valence-corrected chi connectivity index (χ4v) is 1.95. The molecule has 0 radical (unpaired) electrons. The van der Waals surface area contributed by atoms with Crippen LogP contribution in [-0.2, 0) is 19.1 Å². The van der Waals surface area contributed by atoms with Gasteiger partial charge in [-0.25, -0.2) is 0 Å². The van der Waals surface area contributed by atoms with Crippen LogP contribution in [0.25, 0.3) is 0 Å². The maximum absolute atomic E-state index is 11.5. The molecule has 0 N–H and O–H groups in total. The van der Waals surface area contributed by atoms with Crippen LogP contribution in [-0.4, -0.2) is 24.1 Å². The highest BCUT2D eigenvalue weighted by atomic mass is 16.6. The maximum Gasteiger partial charge on any atom is 0.309 e. The van der Waals surface area contributed by atoms with Crippen LogP contribution in [0.2, 0.25) is 0 Å². The van der Waals surface area contributed by atoms with Gasteiger partial charge in [0.1, 0.15) is 12.2 Å². The van der Waals surface area contributed by atoms with E-state index in [0.29, 0.717) is 0 Å². The molecule has 0 unspecified atom stereocenters. The van der Waals surface area contributed by atoms with E-state index < -0.39 is 0 Å². The van der Waals surface area contributed by atoms with Crippen LogP contribution in [0.1, 0.15) is 52.9 Å². The second-order valence-electron chi connectivity index (χ2n) is 5.20. The van der Waals surface area contributed by atoms with Gasteiger partial charge in [-0.1, -0.05) is 13.8 Å². The predicted molar refractivity (Wildman–Crippen MR) is 63.4 cm³/mol. The van der Waals surface area contributed by atoms with Crippen molar-refractivity contribution < 1.29 is 19.1 Å². The van der Waals surface area contributed by atoms with E-state index in [1.165, 1.54) is 0 Å². The van der Waals surface area contributed by atoms with E-state index in [-0.39, 0.29) is 36.5 Å². The maximum atomic E-state index is 11.5.